The van der Waals surface area contributed by atoms with Crippen LogP contribution in [0.15, 0.2) is 40.9 Å². The minimum atomic E-state index is -1.17. The third-order valence-electron chi connectivity index (χ3n) is 3.52. The molecular weight excluding hydrogens is 389 g/mol. The number of amides is 1. The largest absolute Gasteiger partial charge is 0.444 e. The quantitative estimate of drug-likeness (QED) is 0.720. The van der Waals surface area contributed by atoms with E-state index < -0.39 is 23.6 Å². The molecule has 0 bridgehead atoms. The van der Waals surface area contributed by atoms with Crippen LogP contribution in [0.1, 0.15) is 43.6 Å². The van der Waals surface area contributed by atoms with Gasteiger partial charge in [-0.1, -0.05) is 40.2 Å². The van der Waals surface area contributed by atoms with Gasteiger partial charge in [-0.3, -0.25) is 5.32 Å². The summed E-state index contributed by atoms with van der Waals surface area (Å²) in [6, 6.07) is 10.2. The Kier molecular flexibility index (Phi) is 5.85. The van der Waals surface area contributed by atoms with Gasteiger partial charge in [0.05, 0.1) is 5.69 Å². The van der Waals surface area contributed by atoms with Crippen molar-refractivity contribution in [2.45, 2.75) is 39.4 Å². The van der Waals surface area contributed by atoms with Crippen molar-refractivity contribution in [2.75, 3.05) is 5.32 Å². The predicted octanol–water partition coefficient (Wildman–Crippen LogP) is 5.33. The van der Waals surface area contributed by atoms with Crippen LogP contribution in [-0.4, -0.2) is 16.8 Å². The fraction of sp³-hybridized carbons (Fsp3) is 0.316. The van der Waals surface area contributed by atoms with Crippen LogP contribution in [-0.2, 0) is 4.74 Å². The summed E-state index contributed by atoms with van der Waals surface area (Å²) in [5, 5.41) is 13.1. The summed E-state index contributed by atoms with van der Waals surface area (Å²) in [7, 11) is 0. The zero-order valence-corrected chi connectivity index (χ0v) is 16.1. The fourth-order valence-electron chi connectivity index (χ4n) is 2.38. The molecule has 0 aromatic heterocycles. The summed E-state index contributed by atoms with van der Waals surface area (Å²) in [6.07, 6.45) is -1.93. The Labute approximate surface area is 155 Å². The van der Waals surface area contributed by atoms with Crippen LogP contribution >= 0.6 is 15.9 Å². The van der Waals surface area contributed by atoms with E-state index in [9.17, 15) is 14.3 Å². The first-order valence-corrected chi connectivity index (χ1v) is 8.61. The molecule has 2 aromatic carbocycles. The number of carbonyl (C=O) groups excluding carboxylic acids is 1. The van der Waals surface area contributed by atoms with E-state index >= 15 is 0 Å². The molecule has 0 aliphatic carbocycles. The van der Waals surface area contributed by atoms with Gasteiger partial charge in [-0.15, -0.1) is 0 Å². The fourth-order valence-corrected chi connectivity index (χ4v) is 2.90. The molecule has 134 valence electrons. The number of benzene rings is 2. The molecular formula is C19H21BrFNO3. The van der Waals surface area contributed by atoms with E-state index in [0.717, 1.165) is 5.56 Å². The van der Waals surface area contributed by atoms with Crippen molar-refractivity contribution in [1.82, 2.24) is 0 Å². The lowest BCUT2D eigenvalue weighted by Gasteiger charge is -2.21. The normalized spacial score (nSPS) is 12.6. The molecule has 1 amide bonds. The number of rotatable bonds is 3. The number of anilines is 1. The van der Waals surface area contributed by atoms with Gasteiger partial charge in [-0.05, 0) is 51.0 Å². The summed E-state index contributed by atoms with van der Waals surface area (Å²) in [5.74, 6) is -0.712. The maximum Gasteiger partial charge on any atom is 0.412 e. The number of hydrogen-bond acceptors (Lipinski definition) is 3. The topological polar surface area (TPSA) is 58.6 Å². The Morgan fingerprint density at radius 2 is 1.88 bits per heavy atom. The summed E-state index contributed by atoms with van der Waals surface area (Å²) in [6.45, 7) is 7.00. The number of nitrogens with one attached hydrogen (secondary N) is 1. The minimum Gasteiger partial charge on any atom is -0.444 e. The van der Waals surface area contributed by atoms with Crippen molar-refractivity contribution in [3.8, 4) is 0 Å². The van der Waals surface area contributed by atoms with Gasteiger partial charge in [-0.2, -0.15) is 0 Å². The molecule has 2 aromatic rings. The molecule has 6 heteroatoms. The molecule has 2 rings (SSSR count). The highest BCUT2D eigenvalue weighted by Gasteiger charge is 2.24. The van der Waals surface area contributed by atoms with Gasteiger partial charge in [-0.25, -0.2) is 9.18 Å². The molecule has 0 spiro atoms. The number of aliphatic hydroxyl groups excluding tert-OH is 1. The smallest absolute Gasteiger partial charge is 0.412 e. The third-order valence-corrected chi connectivity index (χ3v) is 4.21. The molecule has 0 saturated carbocycles. The van der Waals surface area contributed by atoms with Gasteiger partial charge in [0.15, 0.2) is 5.82 Å². The summed E-state index contributed by atoms with van der Waals surface area (Å²) in [5.41, 5.74) is 0.741. The molecule has 0 aliphatic rings. The highest BCUT2D eigenvalue weighted by molar-refractivity contribution is 9.10. The van der Waals surface area contributed by atoms with Crippen molar-refractivity contribution < 1.29 is 19.0 Å². The number of ether oxygens (including phenoxy) is 1. The zero-order chi connectivity index (χ0) is 18.8. The van der Waals surface area contributed by atoms with Gasteiger partial charge >= 0.3 is 6.09 Å². The lowest BCUT2D eigenvalue weighted by molar-refractivity contribution is 0.0635. The SMILES string of the molecule is Cc1ccccc1C(O)c1c(Br)ccc(NC(=O)OC(C)(C)C)c1F. The number of hydrogen-bond donors (Lipinski definition) is 2. The van der Waals surface area contributed by atoms with Gasteiger partial charge < -0.3 is 9.84 Å². The van der Waals surface area contributed by atoms with E-state index in [1.807, 2.05) is 19.1 Å². The molecule has 4 nitrogen and oxygen atoms in total. The first-order chi connectivity index (χ1) is 11.6. The Morgan fingerprint density at radius 3 is 2.48 bits per heavy atom. The maximum absolute atomic E-state index is 14.9. The highest BCUT2D eigenvalue weighted by Crippen LogP contribution is 2.35. The first-order valence-electron chi connectivity index (χ1n) is 7.81. The van der Waals surface area contributed by atoms with E-state index in [-0.39, 0.29) is 11.3 Å². The van der Waals surface area contributed by atoms with Crippen molar-refractivity contribution >= 4 is 27.7 Å². The average molecular weight is 410 g/mol. The maximum atomic E-state index is 14.9. The molecule has 1 atom stereocenters. The van der Waals surface area contributed by atoms with Gasteiger partial charge in [0.2, 0.25) is 0 Å². The number of halogens is 2. The monoisotopic (exact) mass is 409 g/mol. The van der Waals surface area contributed by atoms with Gasteiger partial charge in [0, 0.05) is 10.0 Å². The lowest BCUT2D eigenvalue weighted by Crippen LogP contribution is -2.27. The van der Waals surface area contributed by atoms with E-state index in [2.05, 4.69) is 21.2 Å². The average Bonchev–Trinajstić information content (AvgIpc) is 2.49. The number of aryl methyl sites for hydroxylation is 1. The Hall–Kier alpha value is -1.92. The van der Waals surface area contributed by atoms with Crippen LogP contribution in [0.4, 0.5) is 14.9 Å². The Balaban J connectivity index is 2.37. The summed E-state index contributed by atoms with van der Waals surface area (Å²) < 4.78 is 20.5. The minimum absolute atomic E-state index is 0.0555. The highest BCUT2D eigenvalue weighted by atomic mass is 79.9. The first kappa shape index (κ1) is 19.4. The Bertz CT molecular complexity index is 787. The van der Waals surface area contributed by atoms with Gasteiger partial charge in [0.1, 0.15) is 11.7 Å². The van der Waals surface area contributed by atoms with E-state index in [0.29, 0.717) is 10.0 Å². The second kappa shape index (κ2) is 7.54. The molecule has 0 saturated heterocycles. The molecule has 0 radical (unpaired) electrons. The third kappa shape index (κ3) is 4.80. The standard InChI is InChI=1S/C19H21BrFNO3/c1-11-7-5-6-8-12(11)17(23)15-13(20)9-10-14(16(15)21)22-18(24)25-19(2,3)4/h5-10,17,23H,1-4H3,(H,22,24). The molecule has 0 fully saturated rings. The van der Waals surface area contributed by atoms with Crippen LogP contribution in [0.5, 0.6) is 0 Å². The van der Waals surface area contributed by atoms with Crippen molar-refractivity contribution in [3.63, 3.8) is 0 Å². The number of carbonyl (C=O) groups is 1. The van der Waals surface area contributed by atoms with Crippen LogP contribution < -0.4 is 5.32 Å². The van der Waals surface area contributed by atoms with E-state index in [4.69, 9.17) is 4.74 Å². The van der Waals surface area contributed by atoms with E-state index in [1.54, 1.807) is 39.0 Å². The van der Waals surface area contributed by atoms with Crippen LogP contribution in [0.2, 0.25) is 0 Å². The number of aliphatic hydroxyl groups is 1. The summed E-state index contributed by atoms with van der Waals surface area (Å²) in [4.78, 5) is 11.9. The van der Waals surface area contributed by atoms with Crippen molar-refractivity contribution in [1.29, 1.82) is 0 Å². The predicted molar refractivity (Wildman–Crippen MR) is 99.2 cm³/mol. The molecule has 1 unspecified atom stereocenters. The molecule has 25 heavy (non-hydrogen) atoms. The second-order valence-electron chi connectivity index (χ2n) is 6.71. The molecule has 2 N–H and O–H groups in total. The van der Waals surface area contributed by atoms with Crippen LogP contribution in [0.25, 0.3) is 0 Å². The second-order valence-corrected chi connectivity index (χ2v) is 7.56. The van der Waals surface area contributed by atoms with E-state index in [1.165, 1.54) is 6.07 Å². The van der Waals surface area contributed by atoms with Gasteiger partial charge in [0.25, 0.3) is 0 Å². The van der Waals surface area contributed by atoms with Crippen molar-refractivity contribution in [2.24, 2.45) is 0 Å². The Morgan fingerprint density at radius 1 is 1.24 bits per heavy atom. The van der Waals surface area contributed by atoms with Crippen LogP contribution in [0, 0.1) is 12.7 Å². The zero-order valence-electron chi connectivity index (χ0n) is 14.6. The van der Waals surface area contributed by atoms with Crippen molar-refractivity contribution in [3.05, 3.63) is 63.4 Å². The lowest BCUT2D eigenvalue weighted by atomic mass is 9.97. The van der Waals surface area contributed by atoms with Crippen LogP contribution in [0.3, 0.4) is 0 Å². The molecule has 0 aliphatic heterocycles. The summed E-state index contributed by atoms with van der Waals surface area (Å²) >= 11 is 3.27. The molecule has 0 heterocycles.